The molecule has 4 rings (SSSR count). The van der Waals surface area contributed by atoms with Gasteiger partial charge >= 0.3 is 5.97 Å². The molecule has 3 saturated heterocycles. The van der Waals surface area contributed by atoms with Crippen molar-refractivity contribution in [3.63, 3.8) is 0 Å². The predicted molar refractivity (Wildman–Crippen MR) is 154 cm³/mol. The van der Waals surface area contributed by atoms with Crippen LogP contribution in [0.3, 0.4) is 0 Å². The first-order chi connectivity index (χ1) is 19.4. The fourth-order valence-corrected chi connectivity index (χ4v) is 6.84. The fraction of sp³-hybridized carbons (Fsp3) is 0.581. The van der Waals surface area contributed by atoms with Crippen LogP contribution >= 0.6 is 11.6 Å². The molecule has 3 heterocycles. The molecule has 40 heavy (non-hydrogen) atoms. The fourth-order valence-electron chi connectivity index (χ4n) is 6.60. The van der Waals surface area contributed by atoms with E-state index in [-0.39, 0.29) is 31.6 Å². The van der Waals surface area contributed by atoms with Crippen LogP contribution < -0.4 is 4.90 Å². The van der Waals surface area contributed by atoms with E-state index in [4.69, 9.17) is 26.2 Å². The molecule has 3 fully saturated rings. The molecule has 3 aliphatic rings. The molecule has 9 heteroatoms. The van der Waals surface area contributed by atoms with Gasteiger partial charge in [-0.15, -0.1) is 13.2 Å². The van der Waals surface area contributed by atoms with Gasteiger partial charge in [0.05, 0.1) is 35.3 Å². The number of unbranched alkanes of at least 4 members (excludes halogenated alkanes) is 5. The van der Waals surface area contributed by atoms with E-state index < -0.39 is 35.6 Å². The quantitative estimate of drug-likeness (QED) is 0.175. The number of allylic oxidation sites excluding steroid dienone is 1. The molecule has 3 aliphatic heterocycles. The Balaban J connectivity index is 1.63. The molecule has 0 aromatic heterocycles. The molecular weight excluding hydrogens is 532 g/mol. The highest BCUT2D eigenvalue weighted by molar-refractivity contribution is 6.34. The third kappa shape index (κ3) is 5.85. The lowest BCUT2D eigenvalue weighted by Gasteiger charge is -2.37. The highest BCUT2D eigenvalue weighted by atomic mass is 35.5. The summed E-state index contributed by atoms with van der Waals surface area (Å²) in [4.78, 5) is 45.1. The number of aliphatic hydroxyl groups is 1. The summed E-state index contributed by atoms with van der Waals surface area (Å²) in [6.45, 7) is 8.52. The van der Waals surface area contributed by atoms with Crippen molar-refractivity contribution in [2.24, 2.45) is 11.8 Å². The number of carbonyl (C=O) groups is 3. The van der Waals surface area contributed by atoms with Crippen LogP contribution in [0.1, 0.15) is 57.8 Å². The number of aliphatic hydroxyl groups excluding tert-OH is 1. The van der Waals surface area contributed by atoms with Crippen molar-refractivity contribution in [1.29, 1.82) is 0 Å². The van der Waals surface area contributed by atoms with Crippen molar-refractivity contribution in [3.8, 4) is 0 Å². The third-order valence-electron chi connectivity index (χ3n) is 8.38. The van der Waals surface area contributed by atoms with E-state index in [2.05, 4.69) is 13.2 Å². The molecule has 5 atom stereocenters. The monoisotopic (exact) mass is 572 g/mol. The lowest BCUT2D eigenvalue weighted by molar-refractivity contribution is -0.155. The van der Waals surface area contributed by atoms with Crippen LogP contribution in [0.5, 0.6) is 0 Å². The van der Waals surface area contributed by atoms with Crippen molar-refractivity contribution in [3.05, 3.63) is 54.6 Å². The van der Waals surface area contributed by atoms with Gasteiger partial charge in [-0.05, 0) is 57.1 Å². The molecule has 0 radical (unpaired) electrons. The number of para-hydroxylation sites is 1. The van der Waals surface area contributed by atoms with E-state index in [9.17, 15) is 14.4 Å². The lowest BCUT2D eigenvalue weighted by atomic mass is 9.70. The Hall–Kier alpha value is -2.68. The van der Waals surface area contributed by atoms with Gasteiger partial charge in [0.2, 0.25) is 5.91 Å². The number of benzene rings is 1. The molecule has 1 spiro atoms. The van der Waals surface area contributed by atoms with Gasteiger partial charge in [0.1, 0.15) is 11.6 Å². The highest BCUT2D eigenvalue weighted by Crippen LogP contribution is 2.59. The Labute approximate surface area is 241 Å². The topological polar surface area (TPSA) is 96.4 Å². The van der Waals surface area contributed by atoms with E-state index >= 15 is 0 Å². The molecule has 1 aromatic carbocycles. The van der Waals surface area contributed by atoms with Crippen molar-refractivity contribution >= 4 is 35.1 Å². The maximum absolute atomic E-state index is 14.4. The van der Waals surface area contributed by atoms with Gasteiger partial charge in [0.25, 0.3) is 5.91 Å². The number of likely N-dealkylation sites (tertiary alicyclic amines) is 1. The zero-order valence-corrected chi connectivity index (χ0v) is 23.9. The molecule has 0 aliphatic carbocycles. The Morgan fingerprint density at radius 2 is 1.93 bits per heavy atom. The normalized spacial score (nSPS) is 26.6. The van der Waals surface area contributed by atoms with Gasteiger partial charge in [-0.3, -0.25) is 14.4 Å². The van der Waals surface area contributed by atoms with Crippen molar-refractivity contribution in [2.75, 3.05) is 31.2 Å². The van der Waals surface area contributed by atoms with Gasteiger partial charge < -0.3 is 24.4 Å². The molecule has 8 nitrogen and oxygen atoms in total. The molecule has 218 valence electrons. The molecular formula is C31H41ClN2O6. The number of fused-ring (bicyclic) bond motifs is 1. The van der Waals surface area contributed by atoms with Gasteiger partial charge in [-0.1, -0.05) is 48.7 Å². The maximum Gasteiger partial charge on any atom is 0.312 e. The predicted octanol–water partition coefficient (Wildman–Crippen LogP) is 4.69. The van der Waals surface area contributed by atoms with Gasteiger partial charge in [0.15, 0.2) is 0 Å². The summed E-state index contributed by atoms with van der Waals surface area (Å²) in [6.07, 6.45) is 9.54. The van der Waals surface area contributed by atoms with Gasteiger partial charge in [-0.2, -0.15) is 0 Å². The van der Waals surface area contributed by atoms with Gasteiger partial charge in [-0.25, -0.2) is 0 Å². The van der Waals surface area contributed by atoms with Gasteiger partial charge in [0, 0.05) is 19.7 Å². The second kappa shape index (κ2) is 13.8. The minimum atomic E-state index is -1.10. The molecule has 2 unspecified atom stereocenters. The van der Waals surface area contributed by atoms with Crippen LogP contribution in [0, 0.1) is 11.8 Å². The van der Waals surface area contributed by atoms with E-state index in [0.29, 0.717) is 42.9 Å². The summed E-state index contributed by atoms with van der Waals surface area (Å²) in [5.41, 5.74) is -0.566. The number of nitrogens with zero attached hydrogens (tertiary/aromatic N) is 2. The number of esters is 1. The van der Waals surface area contributed by atoms with E-state index in [1.165, 1.54) is 0 Å². The largest absolute Gasteiger partial charge is 0.465 e. The molecule has 2 amide bonds. The minimum Gasteiger partial charge on any atom is -0.465 e. The number of rotatable bonds is 16. The van der Waals surface area contributed by atoms with Crippen molar-refractivity contribution in [2.45, 2.75) is 75.5 Å². The minimum absolute atomic E-state index is 0.121. The van der Waals surface area contributed by atoms with E-state index in [1.807, 2.05) is 12.1 Å². The Morgan fingerprint density at radius 3 is 2.65 bits per heavy atom. The SMILES string of the molecule is C=CCCCCOC(=O)[C@@H]1[C@H]2C(=O)N(CCCCCCO)C(C(=O)N(CC=C)c3ccccc3Cl)C23CC[C@H]1O3. The average molecular weight is 573 g/mol. The number of hydrogen-bond donors (Lipinski definition) is 1. The molecule has 0 saturated carbocycles. The lowest BCUT2D eigenvalue weighted by Crippen LogP contribution is -2.56. The summed E-state index contributed by atoms with van der Waals surface area (Å²) in [6, 6.07) is 6.20. The van der Waals surface area contributed by atoms with Crippen LogP contribution in [-0.4, -0.2) is 71.8 Å². The van der Waals surface area contributed by atoms with Crippen molar-refractivity contribution in [1.82, 2.24) is 4.90 Å². The number of anilines is 1. The zero-order valence-electron chi connectivity index (χ0n) is 23.1. The zero-order chi connectivity index (χ0) is 28.7. The van der Waals surface area contributed by atoms with E-state index in [1.54, 1.807) is 34.1 Å². The molecule has 2 bridgehead atoms. The second-order valence-electron chi connectivity index (χ2n) is 10.9. The van der Waals surface area contributed by atoms with Crippen molar-refractivity contribution < 1.29 is 29.0 Å². The van der Waals surface area contributed by atoms with Crippen LogP contribution in [0.4, 0.5) is 5.69 Å². The number of amides is 2. The summed E-state index contributed by atoms with van der Waals surface area (Å²) in [5, 5.41) is 9.56. The Bertz CT molecular complexity index is 1100. The summed E-state index contributed by atoms with van der Waals surface area (Å²) < 4.78 is 12.2. The average Bonchev–Trinajstić information content (AvgIpc) is 3.59. The van der Waals surface area contributed by atoms with Crippen LogP contribution in [0.15, 0.2) is 49.6 Å². The number of ether oxygens (including phenoxy) is 2. The van der Waals surface area contributed by atoms with Crippen LogP contribution in [-0.2, 0) is 23.9 Å². The first kappa shape index (κ1) is 30.3. The third-order valence-corrected chi connectivity index (χ3v) is 8.70. The number of halogens is 1. The summed E-state index contributed by atoms with van der Waals surface area (Å²) in [7, 11) is 0. The Morgan fingerprint density at radius 1 is 1.15 bits per heavy atom. The van der Waals surface area contributed by atoms with Crippen LogP contribution in [0.25, 0.3) is 0 Å². The number of carbonyl (C=O) groups excluding carboxylic acids is 3. The van der Waals surface area contributed by atoms with E-state index in [0.717, 1.165) is 32.1 Å². The second-order valence-corrected chi connectivity index (χ2v) is 11.3. The summed E-state index contributed by atoms with van der Waals surface area (Å²) in [5.74, 6) is -2.44. The molecule has 1 aromatic rings. The standard InChI is InChI=1S/C31H41ClN2O6/c1-3-5-6-13-21-39-30(38)25-24-16-17-31(40-24)26(25)28(36)34(19-11-7-8-12-20-35)27(31)29(37)33(18-4-2)23-15-10-9-14-22(23)32/h3-4,9-10,14-15,24-27,35H,1-2,5-8,11-13,16-21H2/t24-,25+,26+,27?,31?/m1/s1. The summed E-state index contributed by atoms with van der Waals surface area (Å²) >= 11 is 6.51. The maximum atomic E-state index is 14.4. The molecule has 1 N–H and O–H groups in total. The first-order valence-electron chi connectivity index (χ1n) is 14.4. The highest BCUT2D eigenvalue weighted by Gasteiger charge is 2.75. The number of hydrogen-bond acceptors (Lipinski definition) is 6. The van der Waals surface area contributed by atoms with Crippen LogP contribution in [0.2, 0.25) is 5.02 Å². The smallest absolute Gasteiger partial charge is 0.312 e. The Kier molecular flexibility index (Phi) is 10.4. The first-order valence-corrected chi connectivity index (χ1v) is 14.8.